The number of nitrogens with zero attached hydrogens (tertiary/aromatic N) is 1. The average Bonchev–Trinajstić information content (AvgIpc) is 3.46. The number of benzene rings is 1. The lowest BCUT2D eigenvalue weighted by Crippen LogP contribution is -2.34. The van der Waals surface area contributed by atoms with Gasteiger partial charge in [0.15, 0.2) is 11.5 Å². The van der Waals surface area contributed by atoms with Crippen molar-refractivity contribution >= 4 is 5.91 Å². The minimum absolute atomic E-state index is 0.0787. The van der Waals surface area contributed by atoms with E-state index in [1.807, 2.05) is 37.3 Å². The van der Waals surface area contributed by atoms with Crippen LogP contribution in [-0.4, -0.2) is 31.1 Å². The molecule has 1 saturated carbocycles. The lowest BCUT2D eigenvalue weighted by atomic mass is 9.91. The van der Waals surface area contributed by atoms with E-state index in [2.05, 4.69) is 15.6 Å². The largest absolute Gasteiger partial charge is 0.493 e. The Bertz CT molecular complexity index is 850. The van der Waals surface area contributed by atoms with E-state index in [1.54, 1.807) is 19.5 Å². The third-order valence-electron chi connectivity index (χ3n) is 6.30. The van der Waals surface area contributed by atoms with Crippen molar-refractivity contribution in [1.82, 2.24) is 15.6 Å². The highest BCUT2D eigenvalue weighted by atomic mass is 16.5. The van der Waals surface area contributed by atoms with E-state index in [4.69, 9.17) is 9.47 Å². The summed E-state index contributed by atoms with van der Waals surface area (Å²) in [5, 5.41) is 6.58. The van der Waals surface area contributed by atoms with Gasteiger partial charge in [0.1, 0.15) is 6.61 Å². The number of carbonyl (C=O) groups is 1. The van der Waals surface area contributed by atoms with Gasteiger partial charge in [0.2, 0.25) is 5.91 Å². The number of hydrogen-bond acceptors (Lipinski definition) is 5. The number of methoxy groups -OCH3 is 1. The minimum atomic E-state index is -0.0787. The second-order valence-electron chi connectivity index (χ2n) is 8.15. The predicted octanol–water partition coefficient (Wildman–Crippen LogP) is 3.24. The molecule has 4 rings (SSSR count). The predicted molar refractivity (Wildman–Crippen MR) is 111 cm³/mol. The number of nitrogens with one attached hydrogen (secondary N) is 2. The van der Waals surface area contributed by atoms with E-state index in [9.17, 15) is 4.79 Å². The molecule has 2 fully saturated rings. The molecule has 2 N–H and O–H groups in total. The molecular weight excluding hydrogens is 366 g/mol. The third kappa shape index (κ3) is 4.37. The molecule has 1 amide bonds. The standard InChI is InChI=1S/C23H29N3O3/c1-16(26-22(27)19-14-23(19)7-11-25-12-8-23)18-3-4-20(21(13-18)28-2)29-15-17-5-9-24-10-6-17/h3-6,9-10,13,16,19,25H,7-8,11-12,14-15H2,1-2H3,(H,26,27). The molecule has 2 heterocycles. The Hall–Kier alpha value is -2.60. The van der Waals surface area contributed by atoms with Crippen LogP contribution in [0.15, 0.2) is 42.7 Å². The first-order valence-corrected chi connectivity index (χ1v) is 10.3. The molecule has 1 aromatic heterocycles. The van der Waals surface area contributed by atoms with E-state index in [0.29, 0.717) is 18.1 Å². The lowest BCUT2D eigenvalue weighted by Gasteiger charge is -2.24. The van der Waals surface area contributed by atoms with Gasteiger partial charge in [0.25, 0.3) is 0 Å². The van der Waals surface area contributed by atoms with Crippen molar-refractivity contribution in [2.24, 2.45) is 11.3 Å². The molecule has 6 nitrogen and oxygen atoms in total. The number of amides is 1. The summed E-state index contributed by atoms with van der Waals surface area (Å²) in [6, 6.07) is 9.60. The van der Waals surface area contributed by atoms with Crippen LogP contribution in [0, 0.1) is 11.3 Å². The van der Waals surface area contributed by atoms with Crippen molar-refractivity contribution in [2.75, 3.05) is 20.2 Å². The molecule has 154 valence electrons. The fourth-order valence-electron chi connectivity index (χ4n) is 4.31. The van der Waals surface area contributed by atoms with Crippen LogP contribution in [0.4, 0.5) is 0 Å². The third-order valence-corrected chi connectivity index (χ3v) is 6.30. The summed E-state index contributed by atoms with van der Waals surface area (Å²) in [6.07, 6.45) is 6.74. The van der Waals surface area contributed by atoms with Gasteiger partial charge in [0, 0.05) is 18.3 Å². The van der Waals surface area contributed by atoms with Crippen molar-refractivity contribution in [3.8, 4) is 11.5 Å². The summed E-state index contributed by atoms with van der Waals surface area (Å²) in [7, 11) is 1.63. The maximum absolute atomic E-state index is 12.8. The molecule has 6 heteroatoms. The topological polar surface area (TPSA) is 72.5 Å². The molecule has 1 saturated heterocycles. The Labute approximate surface area is 172 Å². The number of pyridine rings is 1. The zero-order valence-electron chi connectivity index (χ0n) is 17.1. The first-order chi connectivity index (χ1) is 14.1. The highest BCUT2D eigenvalue weighted by Gasteiger charge is 2.57. The fourth-order valence-corrected chi connectivity index (χ4v) is 4.31. The first kappa shape index (κ1) is 19.7. The lowest BCUT2D eigenvalue weighted by molar-refractivity contribution is -0.123. The molecule has 0 bridgehead atoms. The molecule has 1 aromatic carbocycles. The minimum Gasteiger partial charge on any atom is -0.493 e. The Morgan fingerprint density at radius 2 is 2.00 bits per heavy atom. The molecule has 2 aliphatic rings. The molecule has 1 spiro atoms. The van der Waals surface area contributed by atoms with Gasteiger partial charge in [-0.25, -0.2) is 0 Å². The van der Waals surface area contributed by atoms with Crippen LogP contribution in [0.3, 0.4) is 0 Å². The van der Waals surface area contributed by atoms with Crippen LogP contribution in [-0.2, 0) is 11.4 Å². The molecule has 0 radical (unpaired) electrons. The number of aromatic nitrogens is 1. The monoisotopic (exact) mass is 395 g/mol. The molecular formula is C23H29N3O3. The van der Waals surface area contributed by atoms with E-state index < -0.39 is 0 Å². The summed E-state index contributed by atoms with van der Waals surface area (Å²) >= 11 is 0. The van der Waals surface area contributed by atoms with E-state index in [-0.39, 0.29) is 23.3 Å². The highest BCUT2D eigenvalue weighted by Crippen LogP contribution is 2.58. The van der Waals surface area contributed by atoms with Crippen LogP contribution in [0.2, 0.25) is 0 Å². The van der Waals surface area contributed by atoms with Crippen molar-refractivity contribution in [3.05, 3.63) is 53.9 Å². The Kier molecular flexibility index (Phi) is 5.72. The van der Waals surface area contributed by atoms with Gasteiger partial charge in [-0.3, -0.25) is 9.78 Å². The second kappa shape index (κ2) is 8.41. The maximum Gasteiger partial charge on any atom is 0.224 e. The Balaban J connectivity index is 1.37. The van der Waals surface area contributed by atoms with Gasteiger partial charge in [-0.2, -0.15) is 0 Å². The number of carbonyl (C=O) groups excluding carboxylic acids is 1. The van der Waals surface area contributed by atoms with Crippen LogP contribution < -0.4 is 20.1 Å². The van der Waals surface area contributed by atoms with E-state index >= 15 is 0 Å². The van der Waals surface area contributed by atoms with Gasteiger partial charge in [-0.05, 0) is 80.1 Å². The van der Waals surface area contributed by atoms with E-state index in [1.165, 1.54) is 0 Å². The van der Waals surface area contributed by atoms with Crippen LogP contribution in [0.25, 0.3) is 0 Å². The van der Waals surface area contributed by atoms with Crippen molar-refractivity contribution in [2.45, 2.75) is 38.8 Å². The summed E-state index contributed by atoms with van der Waals surface area (Å²) < 4.78 is 11.4. The van der Waals surface area contributed by atoms with Crippen LogP contribution in [0.5, 0.6) is 11.5 Å². The maximum atomic E-state index is 12.8. The molecule has 2 unspecified atom stereocenters. The van der Waals surface area contributed by atoms with Crippen molar-refractivity contribution in [3.63, 3.8) is 0 Å². The quantitative estimate of drug-likeness (QED) is 0.753. The highest BCUT2D eigenvalue weighted by molar-refractivity contribution is 5.83. The molecule has 1 aliphatic carbocycles. The van der Waals surface area contributed by atoms with Crippen LogP contribution in [0.1, 0.15) is 43.4 Å². The summed E-state index contributed by atoms with van der Waals surface area (Å²) in [6.45, 7) is 4.51. The smallest absolute Gasteiger partial charge is 0.224 e. The second-order valence-corrected chi connectivity index (χ2v) is 8.15. The average molecular weight is 396 g/mol. The Morgan fingerprint density at radius 1 is 1.24 bits per heavy atom. The zero-order valence-corrected chi connectivity index (χ0v) is 17.1. The normalized spacial score (nSPS) is 20.7. The van der Waals surface area contributed by atoms with Gasteiger partial charge in [0.05, 0.1) is 13.2 Å². The molecule has 2 atom stereocenters. The van der Waals surface area contributed by atoms with Gasteiger partial charge in [-0.1, -0.05) is 6.07 Å². The van der Waals surface area contributed by atoms with Gasteiger partial charge >= 0.3 is 0 Å². The Morgan fingerprint density at radius 3 is 2.72 bits per heavy atom. The van der Waals surface area contributed by atoms with Gasteiger partial charge in [-0.15, -0.1) is 0 Å². The van der Waals surface area contributed by atoms with Crippen molar-refractivity contribution in [1.29, 1.82) is 0 Å². The van der Waals surface area contributed by atoms with Crippen molar-refractivity contribution < 1.29 is 14.3 Å². The number of rotatable bonds is 7. The summed E-state index contributed by atoms with van der Waals surface area (Å²) in [4.78, 5) is 16.8. The zero-order chi connectivity index (χ0) is 20.3. The summed E-state index contributed by atoms with van der Waals surface area (Å²) in [5.74, 6) is 1.69. The first-order valence-electron chi connectivity index (χ1n) is 10.3. The molecule has 29 heavy (non-hydrogen) atoms. The molecule has 2 aromatic rings. The van der Waals surface area contributed by atoms with Gasteiger partial charge < -0.3 is 20.1 Å². The number of ether oxygens (including phenoxy) is 2. The van der Waals surface area contributed by atoms with Crippen LogP contribution >= 0.6 is 0 Å². The number of piperidine rings is 1. The van der Waals surface area contributed by atoms with E-state index in [0.717, 1.165) is 43.5 Å². The SMILES string of the molecule is COc1cc(C(C)NC(=O)C2CC23CCNCC3)ccc1OCc1ccncc1. The number of hydrogen-bond donors (Lipinski definition) is 2. The summed E-state index contributed by atoms with van der Waals surface area (Å²) in [5.41, 5.74) is 2.30. The fraction of sp³-hybridized carbons (Fsp3) is 0.478. The molecule has 1 aliphatic heterocycles.